The summed E-state index contributed by atoms with van der Waals surface area (Å²) in [5, 5.41) is 1.18. The molecule has 2 aromatic rings. The molecule has 0 saturated heterocycles. The van der Waals surface area contributed by atoms with Gasteiger partial charge < -0.3 is 0 Å². The Morgan fingerprint density at radius 3 is 1.83 bits per heavy atom. The van der Waals surface area contributed by atoms with Crippen molar-refractivity contribution in [3.63, 3.8) is 0 Å². The first-order valence-electron chi connectivity index (χ1n) is 8.20. The van der Waals surface area contributed by atoms with Crippen LogP contribution in [0.5, 0.6) is 0 Å². The molecule has 0 amide bonds. The SMILES string of the molecule is C=CC[Si](CC=C)(CC=C)c1ccccc1C(=O)c1ccccc1. The van der Waals surface area contributed by atoms with Crippen LogP contribution in [0.3, 0.4) is 0 Å². The number of benzene rings is 2. The molecule has 0 spiro atoms. The van der Waals surface area contributed by atoms with E-state index < -0.39 is 8.07 Å². The highest BCUT2D eigenvalue weighted by molar-refractivity contribution is 6.93. The zero-order chi connectivity index (χ0) is 17.4. The van der Waals surface area contributed by atoms with E-state index in [2.05, 4.69) is 25.8 Å². The summed E-state index contributed by atoms with van der Waals surface area (Å²) < 4.78 is 0. The number of hydrogen-bond donors (Lipinski definition) is 0. The largest absolute Gasteiger partial charge is 0.289 e. The van der Waals surface area contributed by atoms with Crippen LogP contribution in [0.15, 0.2) is 92.6 Å². The van der Waals surface area contributed by atoms with Crippen LogP contribution in [0.4, 0.5) is 0 Å². The topological polar surface area (TPSA) is 17.1 Å². The fraction of sp³-hybridized carbons (Fsp3) is 0.136. The molecule has 24 heavy (non-hydrogen) atoms. The van der Waals surface area contributed by atoms with E-state index in [-0.39, 0.29) is 5.78 Å². The number of hydrogen-bond acceptors (Lipinski definition) is 1. The molecule has 0 radical (unpaired) electrons. The smallest absolute Gasteiger partial charge is 0.192 e. The van der Waals surface area contributed by atoms with Crippen molar-refractivity contribution in [1.29, 1.82) is 0 Å². The minimum Gasteiger partial charge on any atom is -0.289 e. The molecule has 122 valence electrons. The molecule has 0 bridgehead atoms. The van der Waals surface area contributed by atoms with Gasteiger partial charge in [-0.05, 0) is 23.3 Å². The molecule has 0 aliphatic rings. The molecular weight excluding hydrogens is 308 g/mol. The summed E-state index contributed by atoms with van der Waals surface area (Å²) in [5.74, 6) is 0.0836. The molecule has 0 atom stereocenters. The van der Waals surface area contributed by atoms with E-state index in [1.807, 2.05) is 66.8 Å². The highest BCUT2D eigenvalue weighted by Crippen LogP contribution is 2.25. The summed E-state index contributed by atoms with van der Waals surface area (Å²) in [7, 11) is -1.99. The van der Waals surface area contributed by atoms with E-state index >= 15 is 0 Å². The Bertz CT molecular complexity index is 704. The van der Waals surface area contributed by atoms with Crippen molar-refractivity contribution in [3.05, 3.63) is 104 Å². The van der Waals surface area contributed by atoms with E-state index in [9.17, 15) is 4.79 Å². The maximum absolute atomic E-state index is 13.1. The van der Waals surface area contributed by atoms with Gasteiger partial charge in [-0.3, -0.25) is 4.79 Å². The summed E-state index contributed by atoms with van der Waals surface area (Å²) in [5.41, 5.74) is 1.53. The highest BCUT2D eigenvalue weighted by Gasteiger charge is 2.34. The van der Waals surface area contributed by atoms with Crippen LogP contribution in [-0.4, -0.2) is 13.9 Å². The Morgan fingerprint density at radius 2 is 1.29 bits per heavy atom. The predicted octanol–water partition coefficient (Wildman–Crippen LogP) is 5.13. The first-order chi connectivity index (χ1) is 11.7. The maximum Gasteiger partial charge on any atom is 0.192 e. The second-order valence-corrected chi connectivity index (χ2v) is 10.3. The van der Waals surface area contributed by atoms with Gasteiger partial charge in [0.2, 0.25) is 0 Å². The second kappa shape index (κ2) is 8.41. The van der Waals surface area contributed by atoms with Crippen LogP contribution in [0.25, 0.3) is 0 Å². The molecule has 0 saturated carbocycles. The molecule has 0 fully saturated rings. The lowest BCUT2D eigenvalue weighted by Gasteiger charge is -2.31. The molecule has 2 aromatic carbocycles. The van der Waals surface area contributed by atoms with Crippen molar-refractivity contribution in [2.45, 2.75) is 18.1 Å². The Labute approximate surface area is 146 Å². The monoisotopic (exact) mass is 332 g/mol. The Kier molecular flexibility index (Phi) is 6.27. The van der Waals surface area contributed by atoms with Crippen molar-refractivity contribution in [3.8, 4) is 0 Å². The average molecular weight is 333 g/mol. The first-order valence-corrected chi connectivity index (χ1v) is 10.8. The van der Waals surface area contributed by atoms with E-state index in [1.54, 1.807) is 0 Å². The Hall–Kier alpha value is -2.45. The average Bonchev–Trinajstić information content (AvgIpc) is 2.62. The zero-order valence-corrected chi connectivity index (χ0v) is 15.1. The second-order valence-electron chi connectivity index (χ2n) is 6.00. The molecule has 0 aliphatic carbocycles. The van der Waals surface area contributed by atoms with Crippen LogP contribution in [0, 0.1) is 0 Å². The van der Waals surface area contributed by atoms with Crippen LogP contribution in [0.2, 0.25) is 18.1 Å². The van der Waals surface area contributed by atoms with Crippen LogP contribution < -0.4 is 5.19 Å². The van der Waals surface area contributed by atoms with Gasteiger partial charge in [-0.25, -0.2) is 0 Å². The number of rotatable bonds is 9. The minimum atomic E-state index is -1.99. The third-order valence-corrected chi connectivity index (χ3v) is 9.17. The van der Waals surface area contributed by atoms with Crippen molar-refractivity contribution in [2.75, 3.05) is 0 Å². The van der Waals surface area contributed by atoms with Gasteiger partial charge in [0.25, 0.3) is 0 Å². The fourth-order valence-electron chi connectivity index (χ4n) is 3.30. The maximum atomic E-state index is 13.1. The number of allylic oxidation sites excluding steroid dienone is 3. The van der Waals surface area contributed by atoms with Gasteiger partial charge in [0.15, 0.2) is 5.78 Å². The molecule has 0 aromatic heterocycles. The fourth-order valence-corrected chi connectivity index (χ4v) is 7.33. The summed E-state index contributed by atoms with van der Waals surface area (Å²) in [6, 6.07) is 20.2. The van der Waals surface area contributed by atoms with Crippen molar-refractivity contribution >= 4 is 19.0 Å². The standard InChI is InChI=1S/C22H24OSi/c1-4-16-24(17-5-2,18-6-3)21-15-11-10-14-20(21)22(23)19-12-8-7-9-13-19/h4-15H,1-3,16-18H2. The molecule has 2 heteroatoms. The van der Waals surface area contributed by atoms with Crippen molar-refractivity contribution < 1.29 is 4.79 Å². The van der Waals surface area contributed by atoms with E-state index in [4.69, 9.17) is 0 Å². The van der Waals surface area contributed by atoms with Gasteiger partial charge in [0.1, 0.15) is 0 Å². The van der Waals surface area contributed by atoms with E-state index in [0.29, 0.717) is 0 Å². The molecule has 0 heterocycles. The number of ketones is 1. The molecule has 0 aliphatic heterocycles. The van der Waals surface area contributed by atoms with Crippen LogP contribution >= 0.6 is 0 Å². The summed E-state index contributed by atoms with van der Waals surface area (Å²) in [6.07, 6.45) is 5.93. The third-order valence-electron chi connectivity index (χ3n) is 4.38. The molecular formula is C22H24OSi. The lowest BCUT2D eigenvalue weighted by Crippen LogP contribution is -2.48. The van der Waals surface area contributed by atoms with Crippen LogP contribution in [-0.2, 0) is 0 Å². The van der Waals surface area contributed by atoms with Crippen LogP contribution in [0.1, 0.15) is 15.9 Å². The van der Waals surface area contributed by atoms with Gasteiger partial charge in [-0.2, -0.15) is 0 Å². The van der Waals surface area contributed by atoms with E-state index in [1.165, 1.54) is 5.19 Å². The number of carbonyl (C=O) groups is 1. The minimum absolute atomic E-state index is 0.0836. The predicted molar refractivity (Wildman–Crippen MR) is 107 cm³/mol. The van der Waals surface area contributed by atoms with E-state index in [0.717, 1.165) is 29.3 Å². The lowest BCUT2D eigenvalue weighted by molar-refractivity contribution is 0.103. The molecule has 0 unspecified atom stereocenters. The summed E-state index contributed by atoms with van der Waals surface area (Å²) in [6.45, 7) is 11.8. The molecule has 2 rings (SSSR count). The lowest BCUT2D eigenvalue weighted by atomic mass is 10.0. The Morgan fingerprint density at radius 1 is 0.792 bits per heavy atom. The first kappa shape index (κ1) is 17.9. The highest BCUT2D eigenvalue weighted by atomic mass is 28.3. The molecule has 1 nitrogen and oxygen atoms in total. The van der Waals surface area contributed by atoms with Gasteiger partial charge in [0, 0.05) is 11.1 Å². The van der Waals surface area contributed by atoms with Gasteiger partial charge in [0.05, 0.1) is 8.07 Å². The summed E-state index contributed by atoms with van der Waals surface area (Å²) in [4.78, 5) is 13.1. The molecule has 0 N–H and O–H groups in total. The third kappa shape index (κ3) is 3.71. The quantitative estimate of drug-likeness (QED) is 0.353. The van der Waals surface area contributed by atoms with Gasteiger partial charge in [-0.1, -0.05) is 72.8 Å². The van der Waals surface area contributed by atoms with Crippen molar-refractivity contribution in [1.82, 2.24) is 0 Å². The van der Waals surface area contributed by atoms with Gasteiger partial charge >= 0.3 is 0 Å². The van der Waals surface area contributed by atoms with Crippen molar-refractivity contribution in [2.24, 2.45) is 0 Å². The number of carbonyl (C=O) groups excluding carboxylic acids is 1. The summed E-state index contributed by atoms with van der Waals surface area (Å²) >= 11 is 0. The van der Waals surface area contributed by atoms with Gasteiger partial charge in [-0.15, -0.1) is 19.7 Å². The Balaban J connectivity index is 2.60. The normalized spacial score (nSPS) is 10.8. The zero-order valence-electron chi connectivity index (χ0n) is 14.1.